The maximum Gasteiger partial charge on any atom is 0.316 e. The molecule has 0 bridgehead atoms. The molecule has 13 heavy (non-hydrogen) atoms. The summed E-state index contributed by atoms with van der Waals surface area (Å²) in [6.45, 7) is 1.80. The summed E-state index contributed by atoms with van der Waals surface area (Å²) in [6.07, 6.45) is 1.51. The highest BCUT2D eigenvalue weighted by Gasteiger charge is 2.02. The highest BCUT2D eigenvalue weighted by Crippen LogP contribution is 2.07. The maximum atomic E-state index is 8.82. The van der Waals surface area contributed by atoms with E-state index in [1.807, 2.05) is 0 Å². The Morgan fingerprint density at radius 3 is 2.77 bits per heavy atom. The molecule has 0 unspecified atom stereocenters. The zero-order chi connectivity index (χ0) is 9.68. The first-order valence-electron chi connectivity index (χ1n) is 3.95. The van der Waals surface area contributed by atoms with Crippen LogP contribution in [0.15, 0.2) is 6.20 Å². The lowest BCUT2D eigenvalue weighted by Crippen LogP contribution is -2.06. The third kappa shape index (κ3) is 2.64. The van der Waals surface area contributed by atoms with Crippen molar-refractivity contribution in [2.45, 2.75) is 13.5 Å². The molecule has 2 N–H and O–H groups in total. The van der Waals surface area contributed by atoms with Crippen LogP contribution in [0.5, 0.6) is 6.01 Å². The van der Waals surface area contributed by atoms with Crippen LogP contribution in [0.2, 0.25) is 0 Å². The van der Waals surface area contributed by atoms with Gasteiger partial charge in [0.15, 0.2) is 0 Å². The topological polar surface area (TPSA) is 75.5 Å². The van der Waals surface area contributed by atoms with Crippen LogP contribution in [0.4, 0.5) is 0 Å². The van der Waals surface area contributed by atoms with E-state index in [1.54, 1.807) is 6.92 Å². The van der Waals surface area contributed by atoms with E-state index >= 15 is 0 Å². The second kappa shape index (κ2) is 4.74. The summed E-state index contributed by atoms with van der Waals surface area (Å²) in [5, 5.41) is 17.3. The monoisotopic (exact) mass is 184 g/mol. The predicted molar refractivity (Wildman–Crippen MR) is 45.3 cm³/mol. The van der Waals surface area contributed by atoms with Crippen LogP contribution in [-0.2, 0) is 6.61 Å². The quantitative estimate of drug-likeness (QED) is 0.668. The fourth-order valence-electron chi connectivity index (χ4n) is 0.832. The lowest BCUT2D eigenvalue weighted by Gasteiger charge is -2.04. The first kappa shape index (κ1) is 9.88. The summed E-state index contributed by atoms with van der Waals surface area (Å²) >= 11 is 0. The van der Waals surface area contributed by atoms with Gasteiger partial charge in [0.05, 0.1) is 18.9 Å². The molecular formula is C8H12N2O3. The lowest BCUT2D eigenvalue weighted by molar-refractivity contribution is 0.190. The number of aromatic nitrogens is 2. The minimum absolute atomic E-state index is 0.0653. The van der Waals surface area contributed by atoms with E-state index in [0.29, 0.717) is 11.3 Å². The minimum Gasteiger partial charge on any atom is -0.461 e. The average molecular weight is 184 g/mol. The molecule has 1 rings (SSSR count). The Balaban J connectivity index is 2.71. The number of ether oxygens (including phenoxy) is 1. The SMILES string of the molecule is Cc1nc(OCCO)ncc1CO. The highest BCUT2D eigenvalue weighted by molar-refractivity contribution is 5.16. The van der Waals surface area contributed by atoms with E-state index in [-0.39, 0.29) is 25.8 Å². The third-order valence-electron chi connectivity index (χ3n) is 1.55. The van der Waals surface area contributed by atoms with Gasteiger partial charge in [-0.3, -0.25) is 0 Å². The first-order valence-corrected chi connectivity index (χ1v) is 3.95. The number of nitrogens with zero attached hydrogens (tertiary/aromatic N) is 2. The molecule has 0 fully saturated rings. The molecule has 0 saturated carbocycles. The van der Waals surface area contributed by atoms with Crippen molar-refractivity contribution in [3.8, 4) is 6.01 Å². The molecule has 5 nitrogen and oxygen atoms in total. The Hall–Kier alpha value is -1.20. The molecule has 0 amide bonds. The smallest absolute Gasteiger partial charge is 0.316 e. The number of aliphatic hydroxyl groups excluding tert-OH is 2. The number of hydrogen-bond donors (Lipinski definition) is 2. The molecule has 1 aromatic heterocycles. The van der Waals surface area contributed by atoms with Crippen molar-refractivity contribution < 1.29 is 14.9 Å². The highest BCUT2D eigenvalue weighted by atomic mass is 16.5. The van der Waals surface area contributed by atoms with Gasteiger partial charge in [-0.1, -0.05) is 0 Å². The van der Waals surface area contributed by atoms with E-state index in [0.717, 1.165) is 0 Å². The summed E-state index contributed by atoms with van der Waals surface area (Å²) in [6, 6.07) is 0.226. The summed E-state index contributed by atoms with van der Waals surface area (Å²) in [4.78, 5) is 7.82. The van der Waals surface area contributed by atoms with Crippen molar-refractivity contribution in [3.05, 3.63) is 17.5 Å². The van der Waals surface area contributed by atoms with Crippen molar-refractivity contribution in [3.63, 3.8) is 0 Å². The molecule has 0 aliphatic heterocycles. The van der Waals surface area contributed by atoms with E-state index < -0.39 is 0 Å². The number of hydrogen-bond acceptors (Lipinski definition) is 5. The van der Waals surface area contributed by atoms with E-state index in [2.05, 4.69) is 9.97 Å². The predicted octanol–water partition coefficient (Wildman–Crippen LogP) is -0.352. The molecule has 1 aromatic rings. The van der Waals surface area contributed by atoms with Crippen LogP contribution >= 0.6 is 0 Å². The lowest BCUT2D eigenvalue weighted by atomic mass is 10.3. The largest absolute Gasteiger partial charge is 0.461 e. The van der Waals surface area contributed by atoms with Crippen LogP contribution < -0.4 is 4.74 Å². The molecule has 0 spiro atoms. The van der Waals surface area contributed by atoms with E-state index in [9.17, 15) is 0 Å². The molecule has 72 valence electrons. The summed E-state index contributed by atoms with van der Waals surface area (Å²) in [7, 11) is 0. The summed E-state index contributed by atoms with van der Waals surface area (Å²) in [5.74, 6) is 0. The fourth-order valence-corrected chi connectivity index (χ4v) is 0.832. The molecular weight excluding hydrogens is 172 g/mol. The van der Waals surface area contributed by atoms with Crippen molar-refractivity contribution in [1.82, 2.24) is 9.97 Å². The van der Waals surface area contributed by atoms with Gasteiger partial charge >= 0.3 is 6.01 Å². The molecule has 0 aliphatic rings. The van der Waals surface area contributed by atoms with Crippen LogP contribution in [0.3, 0.4) is 0 Å². The zero-order valence-corrected chi connectivity index (χ0v) is 7.40. The van der Waals surface area contributed by atoms with Gasteiger partial charge in [-0.25, -0.2) is 9.97 Å². The molecule has 5 heteroatoms. The van der Waals surface area contributed by atoms with Gasteiger partial charge in [0.2, 0.25) is 0 Å². The number of rotatable bonds is 4. The Morgan fingerprint density at radius 1 is 1.46 bits per heavy atom. The third-order valence-corrected chi connectivity index (χ3v) is 1.55. The standard InChI is InChI=1S/C8H12N2O3/c1-6-7(5-12)4-9-8(10-6)13-3-2-11/h4,11-12H,2-3,5H2,1H3. The summed E-state index contributed by atoms with van der Waals surface area (Å²) < 4.78 is 4.98. The van der Waals surface area contributed by atoms with Gasteiger partial charge in [-0.05, 0) is 6.92 Å². The number of aryl methyl sites for hydroxylation is 1. The molecule has 0 saturated heterocycles. The van der Waals surface area contributed by atoms with Gasteiger partial charge in [0.25, 0.3) is 0 Å². The fraction of sp³-hybridized carbons (Fsp3) is 0.500. The maximum absolute atomic E-state index is 8.82. The van der Waals surface area contributed by atoms with Gasteiger partial charge in [0, 0.05) is 11.8 Å². The van der Waals surface area contributed by atoms with Crippen molar-refractivity contribution in [2.75, 3.05) is 13.2 Å². The molecule has 0 radical (unpaired) electrons. The molecule has 1 heterocycles. The summed E-state index contributed by atoms with van der Waals surface area (Å²) in [5.41, 5.74) is 1.36. The van der Waals surface area contributed by atoms with Crippen LogP contribution in [0.25, 0.3) is 0 Å². The van der Waals surface area contributed by atoms with Crippen LogP contribution in [0, 0.1) is 6.92 Å². The molecule has 0 atom stereocenters. The second-order valence-corrected chi connectivity index (χ2v) is 2.49. The Morgan fingerprint density at radius 2 is 2.23 bits per heavy atom. The number of aliphatic hydroxyl groups is 2. The van der Waals surface area contributed by atoms with Gasteiger partial charge in [-0.15, -0.1) is 0 Å². The van der Waals surface area contributed by atoms with Gasteiger partial charge in [0.1, 0.15) is 6.61 Å². The molecule has 0 aromatic carbocycles. The van der Waals surface area contributed by atoms with E-state index in [1.165, 1.54) is 6.20 Å². The first-order chi connectivity index (χ1) is 6.27. The van der Waals surface area contributed by atoms with Crippen molar-refractivity contribution in [1.29, 1.82) is 0 Å². The van der Waals surface area contributed by atoms with Crippen molar-refractivity contribution in [2.24, 2.45) is 0 Å². The average Bonchev–Trinajstić information content (AvgIpc) is 2.15. The second-order valence-electron chi connectivity index (χ2n) is 2.49. The van der Waals surface area contributed by atoms with Gasteiger partial charge < -0.3 is 14.9 Å². The van der Waals surface area contributed by atoms with Crippen molar-refractivity contribution >= 4 is 0 Å². The van der Waals surface area contributed by atoms with E-state index in [4.69, 9.17) is 14.9 Å². The molecule has 0 aliphatic carbocycles. The normalized spacial score (nSPS) is 10.1. The Kier molecular flexibility index (Phi) is 3.60. The Bertz CT molecular complexity index is 278. The van der Waals surface area contributed by atoms with Gasteiger partial charge in [-0.2, -0.15) is 0 Å². The zero-order valence-electron chi connectivity index (χ0n) is 7.40. The Labute approximate surface area is 76.0 Å². The van der Waals surface area contributed by atoms with Crippen LogP contribution in [0.1, 0.15) is 11.3 Å². The van der Waals surface area contributed by atoms with Crippen LogP contribution in [-0.4, -0.2) is 33.4 Å². The minimum atomic E-state index is -0.0773.